The zero-order valence-electron chi connectivity index (χ0n) is 13.8. The lowest BCUT2D eigenvalue weighted by Gasteiger charge is -2.17. The number of nitrogens with one attached hydrogen (secondary N) is 2. The van der Waals surface area contributed by atoms with Crippen LogP contribution in [0.1, 0.15) is 30.5 Å². The van der Waals surface area contributed by atoms with E-state index < -0.39 is 0 Å². The Labute approximate surface area is 137 Å². The van der Waals surface area contributed by atoms with Crippen molar-refractivity contribution in [3.63, 3.8) is 0 Å². The molecule has 0 saturated carbocycles. The quantitative estimate of drug-likeness (QED) is 0.873. The zero-order chi connectivity index (χ0) is 16.4. The number of hydrogen-bond donors (Lipinski definition) is 2. The van der Waals surface area contributed by atoms with Gasteiger partial charge < -0.3 is 14.9 Å². The van der Waals surface area contributed by atoms with E-state index in [-0.39, 0.29) is 5.54 Å². The SMILES string of the molecule is C=Cc1cc(COc2ccc3c(c2)NNC3(C)C)ccc1OC. The molecule has 2 N–H and O–H groups in total. The molecule has 0 unspecified atom stereocenters. The smallest absolute Gasteiger partial charge is 0.126 e. The normalized spacial score (nSPS) is 14.7. The Bertz CT molecular complexity index is 738. The van der Waals surface area contributed by atoms with E-state index in [2.05, 4.69) is 37.3 Å². The maximum absolute atomic E-state index is 5.92. The first-order valence-electron chi connectivity index (χ1n) is 7.63. The van der Waals surface area contributed by atoms with E-state index in [1.54, 1.807) is 13.2 Å². The van der Waals surface area contributed by atoms with Crippen molar-refractivity contribution in [2.45, 2.75) is 26.0 Å². The van der Waals surface area contributed by atoms with Gasteiger partial charge in [0, 0.05) is 11.6 Å². The Kier molecular flexibility index (Phi) is 4.01. The Morgan fingerprint density at radius 3 is 2.74 bits per heavy atom. The third-order valence-corrected chi connectivity index (χ3v) is 4.09. The van der Waals surface area contributed by atoms with Crippen molar-refractivity contribution in [3.05, 3.63) is 59.7 Å². The maximum atomic E-state index is 5.92. The first kappa shape index (κ1) is 15.4. The van der Waals surface area contributed by atoms with Gasteiger partial charge in [-0.3, -0.25) is 0 Å². The van der Waals surface area contributed by atoms with Crippen molar-refractivity contribution in [2.75, 3.05) is 12.5 Å². The van der Waals surface area contributed by atoms with E-state index in [9.17, 15) is 0 Å². The molecule has 0 amide bonds. The van der Waals surface area contributed by atoms with Crippen LogP contribution in [-0.4, -0.2) is 7.11 Å². The van der Waals surface area contributed by atoms with E-state index in [1.165, 1.54) is 5.56 Å². The molecule has 0 aromatic heterocycles. The fourth-order valence-electron chi connectivity index (χ4n) is 2.75. The number of methoxy groups -OCH3 is 1. The lowest BCUT2D eigenvalue weighted by molar-refractivity contribution is 0.306. The molecule has 0 atom stereocenters. The van der Waals surface area contributed by atoms with Gasteiger partial charge in [0.05, 0.1) is 18.3 Å². The summed E-state index contributed by atoms with van der Waals surface area (Å²) in [6.07, 6.45) is 1.79. The summed E-state index contributed by atoms with van der Waals surface area (Å²) in [5, 5.41) is 0. The monoisotopic (exact) mass is 310 g/mol. The summed E-state index contributed by atoms with van der Waals surface area (Å²) in [5.74, 6) is 1.66. The van der Waals surface area contributed by atoms with Crippen LogP contribution in [0.15, 0.2) is 43.0 Å². The molecule has 1 aliphatic heterocycles. The van der Waals surface area contributed by atoms with Gasteiger partial charge in [0.1, 0.15) is 18.1 Å². The predicted octanol–water partition coefficient (Wildman–Crippen LogP) is 4.08. The molecule has 4 heteroatoms. The van der Waals surface area contributed by atoms with Crippen molar-refractivity contribution in [3.8, 4) is 11.5 Å². The van der Waals surface area contributed by atoms with Gasteiger partial charge in [0.15, 0.2) is 0 Å². The fourth-order valence-corrected chi connectivity index (χ4v) is 2.75. The summed E-state index contributed by atoms with van der Waals surface area (Å²) < 4.78 is 11.2. The van der Waals surface area contributed by atoms with Crippen LogP contribution >= 0.6 is 0 Å². The number of anilines is 1. The minimum absolute atomic E-state index is 0.0668. The molecule has 0 spiro atoms. The number of benzene rings is 2. The van der Waals surface area contributed by atoms with Crippen LogP contribution in [0.5, 0.6) is 11.5 Å². The number of rotatable bonds is 5. The van der Waals surface area contributed by atoms with Gasteiger partial charge in [-0.25, -0.2) is 5.43 Å². The third kappa shape index (κ3) is 3.03. The molecular formula is C19H22N2O2. The Hall–Kier alpha value is -2.46. The molecule has 120 valence electrons. The molecule has 0 radical (unpaired) electrons. The lowest BCUT2D eigenvalue weighted by atomic mass is 9.95. The van der Waals surface area contributed by atoms with Crippen molar-refractivity contribution >= 4 is 11.8 Å². The minimum atomic E-state index is -0.0668. The van der Waals surface area contributed by atoms with Gasteiger partial charge >= 0.3 is 0 Å². The van der Waals surface area contributed by atoms with Crippen LogP contribution in [-0.2, 0) is 12.1 Å². The van der Waals surface area contributed by atoms with Gasteiger partial charge in [-0.2, -0.15) is 0 Å². The van der Waals surface area contributed by atoms with Crippen LogP contribution in [0.3, 0.4) is 0 Å². The molecule has 0 aliphatic carbocycles. The molecule has 0 bridgehead atoms. The van der Waals surface area contributed by atoms with E-state index in [0.717, 1.165) is 28.3 Å². The summed E-state index contributed by atoms with van der Waals surface area (Å²) in [4.78, 5) is 0. The lowest BCUT2D eigenvalue weighted by Crippen LogP contribution is -2.32. The number of ether oxygens (including phenoxy) is 2. The average molecular weight is 310 g/mol. The van der Waals surface area contributed by atoms with Gasteiger partial charge in [0.25, 0.3) is 0 Å². The average Bonchev–Trinajstić information content (AvgIpc) is 2.87. The predicted molar refractivity (Wildman–Crippen MR) is 93.6 cm³/mol. The Morgan fingerprint density at radius 2 is 2.00 bits per heavy atom. The maximum Gasteiger partial charge on any atom is 0.126 e. The van der Waals surface area contributed by atoms with Crippen LogP contribution in [0, 0.1) is 0 Å². The molecule has 1 heterocycles. The highest BCUT2D eigenvalue weighted by molar-refractivity contribution is 5.61. The molecule has 23 heavy (non-hydrogen) atoms. The molecule has 0 fully saturated rings. The molecule has 3 rings (SSSR count). The van der Waals surface area contributed by atoms with E-state index >= 15 is 0 Å². The first-order chi connectivity index (χ1) is 11.0. The van der Waals surface area contributed by atoms with Crippen LogP contribution in [0.25, 0.3) is 6.08 Å². The third-order valence-electron chi connectivity index (χ3n) is 4.09. The second-order valence-electron chi connectivity index (χ2n) is 6.15. The fraction of sp³-hybridized carbons (Fsp3) is 0.263. The van der Waals surface area contributed by atoms with Gasteiger partial charge in [-0.15, -0.1) is 0 Å². The molecule has 2 aromatic rings. The number of hydrogen-bond acceptors (Lipinski definition) is 4. The van der Waals surface area contributed by atoms with Crippen LogP contribution in [0.2, 0.25) is 0 Å². The van der Waals surface area contributed by atoms with Gasteiger partial charge in [-0.1, -0.05) is 24.8 Å². The topological polar surface area (TPSA) is 42.5 Å². The highest BCUT2D eigenvalue weighted by atomic mass is 16.5. The summed E-state index contributed by atoms with van der Waals surface area (Å²) in [6.45, 7) is 8.60. The van der Waals surface area contributed by atoms with Gasteiger partial charge in [-0.05, 0) is 43.2 Å². The minimum Gasteiger partial charge on any atom is -0.496 e. The largest absolute Gasteiger partial charge is 0.496 e. The standard InChI is InChI=1S/C19H22N2O2/c1-5-14-10-13(6-9-18(14)22-4)12-23-15-7-8-16-17(11-15)20-21-19(16,2)3/h5-11,20-21H,1,12H2,2-4H3. The molecule has 4 nitrogen and oxygen atoms in total. The first-order valence-corrected chi connectivity index (χ1v) is 7.63. The van der Waals surface area contributed by atoms with Crippen molar-refractivity contribution in [1.29, 1.82) is 0 Å². The van der Waals surface area contributed by atoms with Crippen molar-refractivity contribution in [2.24, 2.45) is 0 Å². The van der Waals surface area contributed by atoms with Gasteiger partial charge in [0.2, 0.25) is 0 Å². The van der Waals surface area contributed by atoms with E-state index in [0.29, 0.717) is 6.61 Å². The molecular weight excluding hydrogens is 288 g/mol. The second kappa shape index (κ2) is 5.97. The number of fused-ring (bicyclic) bond motifs is 1. The summed E-state index contributed by atoms with van der Waals surface area (Å²) in [5.41, 5.74) is 10.7. The number of hydrazine groups is 1. The molecule has 2 aromatic carbocycles. The highest BCUT2D eigenvalue weighted by Gasteiger charge is 2.29. The Morgan fingerprint density at radius 1 is 1.17 bits per heavy atom. The van der Waals surface area contributed by atoms with Crippen molar-refractivity contribution < 1.29 is 9.47 Å². The van der Waals surface area contributed by atoms with Crippen molar-refractivity contribution in [1.82, 2.24) is 5.43 Å². The summed E-state index contributed by atoms with van der Waals surface area (Å²) >= 11 is 0. The van der Waals surface area contributed by atoms with E-state index in [4.69, 9.17) is 9.47 Å². The zero-order valence-corrected chi connectivity index (χ0v) is 13.8. The highest BCUT2D eigenvalue weighted by Crippen LogP contribution is 2.35. The summed E-state index contributed by atoms with van der Waals surface area (Å²) in [6, 6.07) is 12.1. The van der Waals surface area contributed by atoms with Crippen LogP contribution in [0.4, 0.5) is 5.69 Å². The second-order valence-corrected chi connectivity index (χ2v) is 6.15. The molecule has 0 saturated heterocycles. The van der Waals surface area contributed by atoms with E-state index in [1.807, 2.05) is 30.3 Å². The van der Waals surface area contributed by atoms with Crippen LogP contribution < -0.4 is 20.3 Å². The molecule has 1 aliphatic rings. The Balaban J connectivity index is 1.73. The summed E-state index contributed by atoms with van der Waals surface area (Å²) in [7, 11) is 1.66.